The first-order chi connectivity index (χ1) is 11.3. The van der Waals surface area contributed by atoms with E-state index in [-0.39, 0.29) is 0 Å². The number of nitrogens with zero attached hydrogens (tertiary/aromatic N) is 3. The normalized spacial score (nSPS) is 14.1. The molecule has 0 spiro atoms. The molecule has 0 atom stereocenters. The van der Waals surface area contributed by atoms with Crippen molar-refractivity contribution in [3.8, 4) is 0 Å². The first kappa shape index (κ1) is 18.4. The Bertz CT molecular complexity index is 832. The van der Waals surface area contributed by atoms with Gasteiger partial charge in [0.25, 0.3) is 0 Å². The Morgan fingerprint density at radius 1 is 1.29 bits per heavy atom. The van der Waals surface area contributed by atoms with Crippen molar-refractivity contribution in [1.82, 2.24) is 14.5 Å². The van der Waals surface area contributed by atoms with Crippen LogP contribution in [0.1, 0.15) is 46.9 Å². The van der Waals surface area contributed by atoms with Crippen LogP contribution in [0.5, 0.6) is 0 Å². The number of pyridine rings is 1. The summed E-state index contributed by atoms with van der Waals surface area (Å²) < 4.78 is 7.57. The number of nitrogen functional groups attached to an aromatic ring is 1. The molecule has 3 N–H and O–H groups in total. The van der Waals surface area contributed by atoms with Gasteiger partial charge in [0.05, 0.1) is 23.0 Å². The molecule has 0 saturated heterocycles. The third kappa shape index (κ3) is 3.76. The molecule has 2 aromatic heterocycles. The Balaban J connectivity index is 2.90. The summed E-state index contributed by atoms with van der Waals surface area (Å²) in [6.45, 7) is 10.9. The lowest BCUT2D eigenvalue weighted by Crippen LogP contribution is -2.34. The maximum absolute atomic E-state index is 10.4. The number of imidazole rings is 1. The average Bonchev–Trinajstić information content (AvgIpc) is 2.85. The van der Waals surface area contributed by atoms with Crippen molar-refractivity contribution in [2.45, 2.75) is 59.8 Å². The molecule has 0 unspecified atom stereocenters. The number of aromatic nitrogens is 3. The van der Waals surface area contributed by atoms with Gasteiger partial charge in [-0.3, -0.25) is 0 Å². The van der Waals surface area contributed by atoms with Gasteiger partial charge in [0.2, 0.25) is 0 Å². The van der Waals surface area contributed by atoms with E-state index in [1.807, 2.05) is 24.5 Å². The molecule has 132 valence electrons. The number of nitrogens with two attached hydrogens (primary N) is 1. The number of hydrogen-bond donors (Lipinski definition) is 2. The summed E-state index contributed by atoms with van der Waals surface area (Å²) in [7, 11) is 0. The lowest BCUT2D eigenvalue weighted by atomic mass is 10.1. The number of fused-ring (bicyclic) bond motifs is 1. The minimum absolute atomic E-state index is 0.372. The molecule has 6 heteroatoms. The highest BCUT2D eigenvalue weighted by Crippen LogP contribution is 2.20. The van der Waals surface area contributed by atoms with E-state index < -0.39 is 5.60 Å². The molecule has 0 aromatic carbocycles. The number of aliphatic hydroxyl groups is 1. The van der Waals surface area contributed by atoms with Gasteiger partial charge in [0.15, 0.2) is 5.82 Å². The fourth-order valence-electron chi connectivity index (χ4n) is 2.80. The van der Waals surface area contributed by atoms with Crippen LogP contribution >= 0.6 is 0 Å². The average molecular weight is 332 g/mol. The van der Waals surface area contributed by atoms with Gasteiger partial charge in [-0.15, -0.1) is 0 Å². The Hall–Kier alpha value is -1.92. The van der Waals surface area contributed by atoms with Crippen molar-refractivity contribution in [2.24, 2.45) is 0 Å². The lowest BCUT2D eigenvalue weighted by Gasteiger charge is -2.20. The van der Waals surface area contributed by atoms with Crippen LogP contribution < -0.4 is 16.3 Å². The molecule has 0 amide bonds. The maximum atomic E-state index is 10.4. The minimum atomic E-state index is -0.883. The smallest absolute Gasteiger partial charge is 0.152 e. The van der Waals surface area contributed by atoms with E-state index in [0.717, 1.165) is 28.3 Å². The van der Waals surface area contributed by atoms with Gasteiger partial charge in [0, 0.05) is 11.8 Å². The summed E-state index contributed by atoms with van der Waals surface area (Å²) in [4.78, 5) is 9.14. The van der Waals surface area contributed by atoms with Gasteiger partial charge < -0.3 is 20.1 Å². The van der Waals surface area contributed by atoms with Gasteiger partial charge in [-0.25, -0.2) is 9.97 Å². The lowest BCUT2D eigenvalue weighted by molar-refractivity contribution is 0.0581. The van der Waals surface area contributed by atoms with Gasteiger partial charge in [-0.2, -0.15) is 0 Å². The molecule has 24 heavy (non-hydrogen) atoms. The number of rotatable bonds is 6. The van der Waals surface area contributed by atoms with Gasteiger partial charge in [0.1, 0.15) is 17.9 Å². The van der Waals surface area contributed by atoms with Crippen molar-refractivity contribution in [3.05, 3.63) is 16.4 Å². The standard InChI is InChI=1S/C18H28N4O2/c1-6-9-12-13(7-2)20-17(19)15-16(12)22(11-18(4,5)23)14(21-15)10-24-8-3/h7,9,23H,6,8,10-11H2,1-5H3,(H2,19,20). The molecule has 2 rings (SSSR count). The van der Waals surface area contributed by atoms with Crippen LogP contribution in [-0.4, -0.2) is 31.8 Å². The van der Waals surface area contributed by atoms with Crippen LogP contribution in [0.25, 0.3) is 23.2 Å². The first-order valence-corrected chi connectivity index (χ1v) is 8.43. The molecular formula is C18H28N4O2. The second-order valence-electron chi connectivity index (χ2n) is 6.46. The number of hydrogen-bond acceptors (Lipinski definition) is 5. The monoisotopic (exact) mass is 332 g/mol. The summed E-state index contributed by atoms with van der Waals surface area (Å²) in [6.07, 6.45) is 4.94. The summed E-state index contributed by atoms with van der Waals surface area (Å²) in [6, 6.07) is 0. The maximum Gasteiger partial charge on any atom is 0.152 e. The van der Waals surface area contributed by atoms with Crippen molar-refractivity contribution in [1.29, 1.82) is 0 Å². The second kappa shape index (κ2) is 7.32. The Morgan fingerprint density at radius 2 is 2.00 bits per heavy atom. The SMILES string of the molecule is CC=c1nc(N)c2nc(COCC)n(CC(C)(C)O)c2c1=CCC. The zero-order valence-electron chi connectivity index (χ0n) is 15.3. The molecule has 0 bridgehead atoms. The van der Waals surface area contributed by atoms with Crippen LogP contribution in [0.2, 0.25) is 0 Å². The third-order valence-electron chi connectivity index (χ3n) is 3.72. The highest BCUT2D eigenvalue weighted by molar-refractivity contribution is 5.86. The summed E-state index contributed by atoms with van der Waals surface area (Å²) in [5.41, 5.74) is 6.84. The van der Waals surface area contributed by atoms with Crippen LogP contribution in [-0.2, 0) is 17.9 Å². The zero-order valence-corrected chi connectivity index (χ0v) is 15.3. The Kier molecular flexibility index (Phi) is 5.62. The first-order valence-electron chi connectivity index (χ1n) is 8.43. The van der Waals surface area contributed by atoms with E-state index in [2.05, 4.69) is 23.0 Å². The zero-order chi connectivity index (χ0) is 17.9. The Labute approximate surface area is 142 Å². The van der Waals surface area contributed by atoms with Gasteiger partial charge >= 0.3 is 0 Å². The van der Waals surface area contributed by atoms with Crippen LogP contribution in [0.3, 0.4) is 0 Å². The van der Waals surface area contributed by atoms with E-state index in [1.165, 1.54) is 0 Å². The molecule has 0 aliphatic heterocycles. The summed E-state index contributed by atoms with van der Waals surface area (Å²) in [5, 5.41) is 12.2. The predicted molar refractivity (Wildman–Crippen MR) is 97.7 cm³/mol. The third-order valence-corrected chi connectivity index (χ3v) is 3.72. The van der Waals surface area contributed by atoms with Crippen molar-refractivity contribution in [2.75, 3.05) is 12.3 Å². The van der Waals surface area contributed by atoms with E-state index in [0.29, 0.717) is 31.1 Å². The van der Waals surface area contributed by atoms with E-state index in [4.69, 9.17) is 10.5 Å². The van der Waals surface area contributed by atoms with Gasteiger partial charge in [-0.05, 0) is 34.1 Å². The van der Waals surface area contributed by atoms with Gasteiger partial charge in [-0.1, -0.05) is 19.1 Å². The van der Waals surface area contributed by atoms with Crippen molar-refractivity contribution < 1.29 is 9.84 Å². The molecular weight excluding hydrogens is 304 g/mol. The molecule has 0 saturated carbocycles. The Morgan fingerprint density at radius 3 is 2.54 bits per heavy atom. The van der Waals surface area contributed by atoms with Crippen LogP contribution in [0, 0.1) is 0 Å². The fraction of sp³-hybridized carbons (Fsp3) is 0.556. The second-order valence-corrected chi connectivity index (χ2v) is 6.46. The molecule has 0 radical (unpaired) electrons. The molecule has 0 aliphatic carbocycles. The summed E-state index contributed by atoms with van der Waals surface area (Å²) >= 11 is 0. The topological polar surface area (TPSA) is 86.2 Å². The molecule has 6 nitrogen and oxygen atoms in total. The number of ether oxygens (including phenoxy) is 1. The predicted octanol–water partition coefficient (Wildman–Crippen LogP) is 1.31. The largest absolute Gasteiger partial charge is 0.389 e. The molecule has 2 aromatic rings. The van der Waals surface area contributed by atoms with E-state index >= 15 is 0 Å². The van der Waals surface area contributed by atoms with Crippen molar-refractivity contribution >= 4 is 29.0 Å². The summed E-state index contributed by atoms with van der Waals surface area (Å²) in [5.74, 6) is 1.15. The van der Waals surface area contributed by atoms with Crippen LogP contribution in [0.15, 0.2) is 0 Å². The quantitative estimate of drug-likeness (QED) is 0.833. The highest BCUT2D eigenvalue weighted by Gasteiger charge is 2.21. The molecule has 0 aliphatic rings. The van der Waals surface area contributed by atoms with Crippen molar-refractivity contribution in [3.63, 3.8) is 0 Å². The highest BCUT2D eigenvalue weighted by atomic mass is 16.5. The van der Waals surface area contributed by atoms with E-state index in [1.54, 1.807) is 13.8 Å². The molecule has 0 fully saturated rings. The minimum Gasteiger partial charge on any atom is -0.389 e. The van der Waals surface area contributed by atoms with E-state index in [9.17, 15) is 5.11 Å². The number of anilines is 1. The van der Waals surface area contributed by atoms with Crippen LogP contribution in [0.4, 0.5) is 5.82 Å². The molecule has 2 heterocycles. The fourth-order valence-corrected chi connectivity index (χ4v) is 2.80.